The van der Waals surface area contributed by atoms with E-state index in [-0.39, 0.29) is 16.9 Å². The Morgan fingerprint density at radius 1 is 1.33 bits per heavy atom. The zero-order valence-corrected chi connectivity index (χ0v) is 15.2. The van der Waals surface area contributed by atoms with Crippen LogP contribution in [0.15, 0.2) is 39.0 Å². The lowest BCUT2D eigenvalue weighted by molar-refractivity contribution is 0.188. The van der Waals surface area contributed by atoms with E-state index in [4.69, 9.17) is 4.74 Å². The molecule has 3 aromatic rings. The molecule has 142 valence electrons. The molecule has 2 heterocycles. The molecule has 0 saturated carbocycles. The lowest BCUT2D eigenvalue weighted by atomic mass is 10.1. The van der Waals surface area contributed by atoms with Crippen molar-refractivity contribution in [2.24, 2.45) is 12.1 Å². The molecule has 0 aliphatic carbocycles. The topological polar surface area (TPSA) is 127 Å². The zero-order chi connectivity index (χ0) is 19.6. The van der Waals surface area contributed by atoms with Crippen molar-refractivity contribution in [2.45, 2.75) is 13.5 Å². The summed E-state index contributed by atoms with van der Waals surface area (Å²) >= 11 is 0. The minimum absolute atomic E-state index is 0.168. The van der Waals surface area contributed by atoms with Crippen LogP contribution in [0.4, 0.5) is 5.95 Å². The highest BCUT2D eigenvalue weighted by molar-refractivity contribution is 5.99. The van der Waals surface area contributed by atoms with Crippen molar-refractivity contribution in [2.75, 3.05) is 19.1 Å². The first kappa shape index (κ1) is 18.4. The fraction of sp³-hybridized carbons (Fsp3) is 0.294. The van der Waals surface area contributed by atoms with Gasteiger partial charge in [-0.25, -0.2) is 10.2 Å². The minimum atomic E-state index is -0.542. The number of imidazole rings is 1. The second-order valence-corrected chi connectivity index (χ2v) is 5.93. The summed E-state index contributed by atoms with van der Waals surface area (Å²) in [5.41, 5.74) is 3.76. The quantitative estimate of drug-likeness (QED) is 0.430. The first-order valence-electron chi connectivity index (χ1n) is 8.20. The van der Waals surface area contributed by atoms with Crippen molar-refractivity contribution in [1.29, 1.82) is 0 Å². The minimum Gasteiger partial charge on any atom is -0.508 e. The number of hydrogen-bond acceptors (Lipinski definition) is 7. The van der Waals surface area contributed by atoms with Gasteiger partial charge in [0.05, 0.1) is 12.3 Å². The Kier molecular flexibility index (Phi) is 5.08. The molecule has 0 atom stereocenters. The fourth-order valence-corrected chi connectivity index (χ4v) is 2.62. The molecule has 0 radical (unpaired) electrons. The largest absolute Gasteiger partial charge is 0.508 e. The number of aromatic nitrogens is 4. The number of ether oxygens (including phenoxy) is 1. The van der Waals surface area contributed by atoms with Gasteiger partial charge in [0.15, 0.2) is 11.2 Å². The van der Waals surface area contributed by atoms with E-state index in [1.807, 2.05) is 0 Å². The Balaban J connectivity index is 2.05. The normalized spacial score (nSPS) is 11.9. The summed E-state index contributed by atoms with van der Waals surface area (Å²) in [7, 11) is 3.09. The summed E-state index contributed by atoms with van der Waals surface area (Å²) in [5, 5.41) is 13.7. The van der Waals surface area contributed by atoms with Gasteiger partial charge in [-0.2, -0.15) is 10.1 Å². The number of anilines is 1. The number of phenols is 1. The summed E-state index contributed by atoms with van der Waals surface area (Å²) in [6.07, 6.45) is 0. The summed E-state index contributed by atoms with van der Waals surface area (Å²) < 4.78 is 7.98. The Bertz CT molecular complexity index is 1110. The van der Waals surface area contributed by atoms with Crippen LogP contribution in [0.2, 0.25) is 0 Å². The van der Waals surface area contributed by atoms with E-state index >= 15 is 0 Å². The molecule has 0 saturated heterocycles. The van der Waals surface area contributed by atoms with Gasteiger partial charge in [-0.15, -0.1) is 0 Å². The molecule has 1 aromatic carbocycles. The predicted molar refractivity (Wildman–Crippen MR) is 101 cm³/mol. The maximum Gasteiger partial charge on any atom is 0.329 e. The van der Waals surface area contributed by atoms with E-state index in [9.17, 15) is 14.7 Å². The Morgan fingerprint density at radius 2 is 2.04 bits per heavy atom. The van der Waals surface area contributed by atoms with Crippen LogP contribution in [0.3, 0.4) is 0 Å². The molecule has 0 bridgehead atoms. The first-order valence-corrected chi connectivity index (χ1v) is 8.20. The summed E-state index contributed by atoms with van der Waals surface area (Å²) in [5.74, 6) is 0.480. The van der Waals surface area contributed by atoms with Crippen molar-refractivity contribution < 1.29 is 9.84 Å². The number of rotatable bonds is 6. The number of benzene rings is 1. The van der Waals surface area contributed by atoms with Crippen LogP contribution in [-0.4, -0.2) is 43.6 Å². The van der Waals surface area contributed by atoms with Gasteiger partial charge in [0.25, 0.3) is 5.56 Å². The lowest BCUT2D eigenvalue weighted by Crippen LogP contribution is -2.29. The zero-order valence-electron chi connectivity index (χ0n) is 15.2. The van der Waals surface area contributed by atoms with Crippen LogP contribution in [0.1, 0.15) is 12.5 Å². The number of aromatic hydroxyl groups is 1. The molecule has 0 unspecified atom stereocenters. The van der Waals surface area contributed by atoms with Crippen molar-refractivity contribution in [3.05, 3.63) is 50.7 Å². The molecule has 2 aromatic heterocycles. The number of fused-ring (bicyclic) bond motifs is 1. The van der Waals surface area contributed by atoms with Gasteiger partial charge in [0.1, 0.15) is 5.75 Å². The predicted octanol–water partition coefficient (Wildman–Crippen LogP) is 0.611. The van der Waals surface area contributed by atoms with E-state index in [1.54, 1.807) is 42.9 Å². The smallest absolute Gasteiger partial charge is 0.329 e. The SMILES string of the molecule is COCCn1c(NN=C(C)c2ccc(O)cc2)nc2c1c(=O)[nH]c(=O)n2C. The van der Waals surface area contributed by atoms with Crippen LogP contribution in [0, 0.1) is 0 Å². The molecule has 27 heavy (non-hydrogen) atoms. The van der Waals surface area contributed by atoms with Crippen LogP contribution < -0.4 is 16.7 Å². The van der Waals surface area contributed by atoms with Crippen LogP contribution in [0.5, 0.6) is 5.75 Å². The number of hydrazone groups is 1. The highest BCUT2D eigenvalue weighted by Crippen LogP contribution is 2.16. The standard InChI is InChI=1S/C17H20N6O4/c1-10(11-4-6-12(24)7-5-11)20-21-16-18-14-13(23(16)8-9-27-3)15(25)19-17(26)22(14)2/h4-7,24H,8-9H2,1-3H3,(H,18,21)(H,19,25,26). The number of nitrogens with zero attached hydrogens (tertiary/aromatic N) is 4. The second kappa shape index (κ2) is 7.46. The van der Waals surface area contributed by atoms with E-state index in [0.29, 0.717) is 24.8 Å². The molecule has 3 rings (SSSR count). The maximum atomic E-state index is 12.3. The van der Waals surface area contributed by atoms with Crippen LogP contribution in [0.25, 0.3) is 11.2 Å². The number of hydrogen-bond donors (Lipinski definition) is 3. The molecule has 0 fully saturated rings. The van der Waals surface area contributed by atoms with Gasteiger partial charge in [0, 0.05) is 20.7 Å². The Labute approximate surface area is 153 Å². The van der Waals surface area contributed by atoms with Crippen molar-refractivity contribution in [3.63, 3.8) is 0 Å². The molecule has 10 nitrogen and oxygen atoms in total. The number of aryl methyl sites for hydroxylation is 1. The molecule has 0 spiro atoms. The average molecular weight is 372 g/mol. The third-order valence-corrected chi connectivity index (χ3v) is 4.13. The van der Waals surface area contributed by atoms with E-state index in [0.717, 1.165) is 5.56 Å². The number of aromatic amines is 1. The molecule has 10 heteroatoms. The van der Waals surface area contributed by atoms with Gasteiger partial charge in [-0.3, -0.25) is 14.3 Å². The molecular formula is C17H20N6O4. The molecule has 3 N–H and O–H groups in total. The highest BCUT2D eigenvalue weighted by atomic mass is 16.5. The maximum absolute atomic E-state index is 12.3. The van der Waals surface area contributed by atoms with Crippen molar-refractivity contribution >= 4 is 22.8 Å². The van der Waals surface area contributed by atoms with Gasteiger partial charge >= 0.3 is 5.69 Å². The number of H-pyrrole nitrogens is 1. The van der Waals surface area contributed by atoms with E-state index < -0.39 is 11.2 Å². The molecular weight excluding hydrogens is 352 g/mol. The molecule has 0 aliphatic heterocycles. The third-order valence-electron chi connectivity index (χ3n) is 4.13. The summed E-state index contributed by atoms with van der Waals surface area (Å²) in [4.78, 5) is 30.7. The van der Waals surface area contributed by atoms with Crippen molar-refractivity contribution in [3.8, 4) is 5.75 Å². The highest BCUT2D eigenvalue weighted by Gasteiger charge is 2.17. The number of phenolic OH excluding ortho intramolecular Hbond substituents is 1. The van der Waals surface area contributed by atoms with Crippen molar-refractivity contribution in [1.82, 2.24) is 19.1 Å². The van der Waals surface area contributed by atoms with Gasteiger partial charge < -0.3 is 14.4 Å². The van der Waals surface area contributed by atoms with Gasteiger partial charge in [0.2, 0.25) is 5.95 Å². The third kappa shape index (κ3) is 3.60. The first-order chi connectivity index (χ1) is 12.9. The Morgan fingerprint density at radius 3 is 2.70 bits per heavy atom. The van der Waals surface area contributed by atoms with Crippen LogP contribution >= 0.6 is 0 Å². The van der Waals surface area contributed by atoms with Gasteiger partial charge in [-0.05, 0) is 36.8 Å². The van der Waals surface area contributed by atoms with Gasteiger partial charge in [-0.1, -0.05) is 0 Å². The van der Waals surface area contributed by atoms with E-state index in [1.165, 1.54) is 11.6 Å². The lowest BCUT2D eigenvalue weighted by Gasteiger charge is -2.08. The summed E-state index contributed by atoms with van der Waals surface area (Å²) in [6.45, 7) is 2.50. The number of methoxy groups -OCH3 is 1. The molecule has 0 amide bonds. The fourth-order valence-electron chi connectivity index (χ4n) is 2.62. The second-order valence-electron chi connectivity index (χ2n) is 5.93. The Hall–Kier alpha value is -3.40. The van der Waals surface area contributed by atoms with E-state index in [2.05, 4.69) is 20.5 Å². The number of nitrogens with one attached hydrogen (secondary N) is 2. The monoisotopic (exact) mass is 372 g/mol. The average Bonchev–Trinajstić information content (AvgIpc) is 3.02. The summed E-state index contributed by atoms with van der Waals surface area (Å²) in [6, 6.07) is 6.60. The van der Waals surface area contributed by atoms with Crippen LogP contribution in [-0.2, 0) is 18.3 Å². The molecule has 0 aliphatic rings.